The van der Waals surface area contributed by atoms with Gasteiger partial charge in [0.2, 0.25) is 0 Å². The Morgan fingerprint density at radius 3 is 3.00 bits per heavy atom. The molecular weight excluding hydrogens is 206 g/mol. The molecule has 0 fully saturated rings. The monoisotopic (exact) mass is 219 g/mol. The summed E-state index contributed by atoms with van der Waals surface area (Å²) in [4.78, 5) is 5.26. The molecule has 1 heterocycles. The molecule has 0 aliphatic carbocycles. The molecule has 0 aromatic carbocycles. The molecule has 1 aliphatic heterocycles. The van der Waals surface area contributed by atoms with Gasteiger partial charge in [0.1, 0.15) is 5.04 Å². The van der Waals surface area contributed by atoms with Crippen molar-refractivity contribution in [2.24, 2.45) is 5.10 Å². The molecule has 0 radical (unpaired) electrons. The lowest BCUT2D eigenvalue weighted by Crippen LogP contribution is -2.35. The Labute approximate surface area is 88.8 Å². The van der Waals surface area contributed by atoms with Gasteiger partial charge in [-0.15, -0.1) is 30.4 Å². The number of hydrogen-bond donors (Lipinski definition) is 3. The van der Waals surface area contributed by atoms with Gasteiger partial charge in [-0.1, -0.05) is 18.6 Å². The second-order valence-corrected chi connectivity index (χ2v) is 3.50. The van der Waals surface area contributed by atoms with Gasteiger partial charge in [-0.25, -0.2) is 4.84 Å². The maximum Gasteiger partial charge on any atom is 0.120 e. The Bertz CT molecular complexity index is 230. The van der Waals surface area contributed by atoms with Crippen molar-refractivity contribution in [1.29, 1.82) is 0 Å². The van der Waals surface area contributed by atoms with Crippen molar-refractivity contribution in [2.45, 2.75) is 19.8 Å². The zero-order valence-electron chi connectivity index (χ0n) is 7.40. The summed E-state index contributed by atoms with van der Waals surface area (Å²) in [5.41, 5.74) is 2.81. The van der Waals surface area contributed by atoms with E-state index in [9.17, 15) is 0 Å². The molecule has 6 heteroatoms. The molecule has 74 valence electrons. The Morgan fingerprint density at radius 1 is 1.62 bits per heavy atom. The van der Waals surface area contributed by atoms with E-state index in [4.69, 9.17) is 4.84 Å². The summed E-state index contributed by atoms with van der Waals surface area (Å²) in [6.45, 7) is 2.74. The second kappa shape index (κ2) is 5.41. The molecule has 0 saturated carbocycles. The van der Waals surface area contributed by atoms with E-state index < -0.39 is 0 Å². The van der Waals surface area contributed by atoms with Crippen molar-refractivity contribution >= 4 is 30.3 Å². The summed E-state index contributed by atoms with van der Waals surface area (Å²) < 4.78 is 0. The quantitative estimate of drug-likeness (QED) is 0.496. The van der Waals surface area contributed by atoms with Gasteiger partial charge >= 0.3 is 0 Å². The molecule has 0 amide bonds. The van der Waals surface area contributed by atoms with E-state index in [1.807, 2.05) is 0 Å². The molecule has 0 aromatic rings. The average Bonchev–Trinajstić information content (AvgIpc) is 2.03. The summed E-state index contributed by atoms with van der Waals surface area (Å²) >= 11 is 8.21. The van der Waals surface area contributed by atoms with Crippen LogP contribution in [0, 0.1) is 0 Å². The number of hydrazine groups is 1. The first-order valence-electron chi connectivity index (χ1n) is 4.10. The lowest BCUT2D eigenvalue weighted by molar-refractivity contribution is -0.188. The van der Waals surface area contributed by atoms with Gasteiger partial charge in [0.15, 0.2) is 0 Å². The van der Waals surface area contributed by atoms with Crippen LogP contribution in [0.4, 0.5) is 0 Å². The van der Waals surface area contributed by atoms with Crippen molar-refractivity contribution in [3.8, 4) is 0 Å². The highest BCUT2D eigenvalue weighted by Gasteiger charge is 2.08. The molecule has 0 aromatic heterocycles. The highest BCUT2D eigenvalue weighted by Crippen LogP contribution is 2.08. The van der Waals surface area contributed by atoms with Gasteiger partial charge in [-0.2, -0.15) is 0 Å². The number of hydrazone groups is 1. The molecule has 0 bridgehead atoms. The first kappa shape index (κ1) is 10.7. The zero-order chi connectivity index (χ0) is 9.68. The number of hydrogen-bond acceptors (Lipinski definition) is 5. The number of nitrogens with one attached hydrogen (secondary N) is 1. The fraction of sp³-hybridized carbons (Fsp3) is 0.571. The second-order valence-electron chi connectivity index (χ2n) is 2.56. The van der Waals surface area contributed by atoms with Crippen LogP contribution in [0.3, 0.4) is 0 Å². The first-order valence-corrected chi connectivity index (χ1v) is 4.99. The molecule has 0 unspecified atom stereocenters. The minimum atomic E-state index is 0.570. The lowest BCUT2D eigenvalue weighted by Gasteiger charge is -2.22. The van der Waals surface area contributed by atoms with Crippen LogP contribution in [0.2, 0.25) is 0 Å². The molecular formula is C7H13N3OS2. The van der Waals surface area contributed by atoms with Crippen LogP contribution in [0.15, 0.2) is 16.2 Å². The lowest BCUT2D eigenvalue weighted by atomic mass is 10.4. The Hall–Kier alpha value is -0.330. The minimum Gasteiger partial charge on any atom is -0.251 e. The third-order valence-electron chi connectivity index (χ3n) is 1.38. The molecule has 0 spiro atoms. The van der Waals surface area contributed by atoms with Gasteiger partial charge in [-0.05, 0) is 6.42 Å². The molecule has 0 saturated heterocycles. The highest BCUT2D eigenvalue weighted by atomic mass is 32.1. The predicted molar refractivity (Wildman–Crippen MR) is 59.3 cm³/mol. The van der Waals surface area contributed by atoms with E-state index >= 15 is 0 Å². The third kappa shape index (κ3) is 3.93. The maximum absolute atomic E-state index is 5.26. The summed E-state index contributed by atoms with van der Waals surface area (Å²) in [5, 5.41) is 6.47. The van der Waals surface area contributed by atoms with Crippen LogP contribution in [0.25, 0.3) is 0 Å². The Balaban J connectivity index is 2.33. The van der Waals surface area contributed by atoms with Crippen molar-refractivity contribution in [3.05, 3.63) is 11.1 Å². The van der Waals surface area contributed by atoms with Crippen molar-refractivity contribution < 1.29 is 4.84 Å². The predicted octanol–water partition coefficient (Wildman–Crippen LogP) is 1.55. The van der Waals surface area contributed by atoms with Crippen molar-refractivity contribution in [1.82, 2.24) is 10.7 Å². The average molecular weight is 219 g/mol. The van der Waals surface area contributed by atoms with Crippen LogP contribution >= 0.6 is 25.3 Å². The molecule has 1 rings (SSSR count). The van der Waals surface area contributed by atoms with E-state index in [0.717, 1.165) is 12.8 Å². The summed E-state index contributed by atoms with van der Waals surface area (Å²) in [7, 11) is 0. The van der Waals surface area contributed by atoms with Crippen LogP contribution in [0.5, 0.6) is 0 Å². The molecule has 1 N–H and O–H groups in total. The number of unbranched alkanes of at least 4 members (excludes halogenated alkanes) is 1. The minimum absolute atomic E-state index is 0.570. The number of nitrogens with zero attached hydrogens (tertiary/aromatic N) is 2. The SMILES string of the molecule is CCCCON1N=C(S)C=C(S)N1. The van der Waals surface area contributed by atoms with E-state index in [1.54, 1.807) is 6.08 Å². The van der Waals surface area contributed by atoms with Crippen LogP contribution in [-0.2, 0) is 4.84 Å². The normalized spacial score (nSPS) is 16.4. The van der Waals surface area contributed by atoms with E-state index in [-0.39, 0.29) is 0 Å². The molecule has 0 atom stereocenters. The first-order chi connectivity index (χ1) is 6.22. The van der Waals surface area contributed by atoms with Gasteiger partial charge in [-0.3, -0.25) is 5.43 Å². The molecule has 1 aliphatic rings. The number of thiol groups is 2. The summed E-state index contributed by atoms with van der Waals surface area (Å²) in [5.74, 6) is 0. The van der Waals surface area contributed by atoms with Gasteiger partial charge in [0, 0.05) is 6.08 Å². The van der Waals surface area contributed by atoms with E-state index in [2.05, 4.69) is 42.7 Å². The fourth-order valence-corrected chi connectivity index (χ4v) is 1.28. The van der Waals surface area contributed by atoms with Gasteiger partial charge in [0.05, 0.1) is 11.6 Å². The van der Waals surface area contributed by atoms with Crippen LogP contribution in [0.1, 0.15) is 19.8 Å². The largest absolute Gasteiger partial charge is 0.251 e. The highest BCUT2D eigenvalue weighted by molar-refractivity contribution is 7.97. The van der Waals surface area contributed by atoms with E-state index in [0.29, 0.717) is 16.7 Å². The standard InChI is InChI=1S/C7H13N3OS2/c1-2-3-4-11-10-8-6(12)5-7(13)9-10/h5,8,12H,2-4H2,1H3,(H,9,13). The van der Waals surface area contributed by atoms with Gasteiger partial charge < -0.3 is 0 Å². The van der Waals surface area contributed by atoms with Gasteiger partial charge in [0.25, 0.3) is 0 Å². The number of rotatable bonds is 4. The molecule has 4 nitrogen and oxygen atoms in total. The van der Waals surface area contributed by atoms with Crippen molar-refractivity contribution in [2.75, 3.05) is 6.61 Å². The Kier molecular flexibility index (Phi) is 4.47. The zero-order valence-corrected chi connectivity index (χ0v) is 9.18. The van der Waals surface area contributed by atoms with E-state index in [1.165, 1.54) is 5.28 Å². The van der Waals surface area contributed by atoms with Crippen LogP contribution < -0.4 is 5.43 Å². The maximum atomic E-state index is 5.26. The Morgan fingerprint density at radius 2 is 2.38 bits per heavy atom. The van der Waals surface area contributed by atoms with Crippen LogP contribution in [-0.4, -0.2) is 16.9 Å². The fourth-order valence-electron chi connectivity index (χ4n) is 0.756. The summed E-state index contributed by atoms with van der Waals surface area (Å²) in [6.07, 6.45) is 3.79. The molecule has 13 heavy (non-hydrogen) atoms. The topological polar surface area (TPSA) is 36.9 Å². The third-order valence-corrected chi connectivity index (χ3v) is 1.83. The van der Waals surface area contributed by atoms with Crippen molar-refractivity contribution in [3.63, 3.8) is 0 Å². The smallest absolute Gasteiger partial charge is 0.120 e. The summed E-state index contributed by atoms with van der Waals surface area (Å²) in [6, 6.07) is 0.